The van der Waals surface area contributed by atoms with E-state index in [9.17, 15) is 5.11 Å². The van der Waals surface area contributed by atoms with Crippen molar-refractivity contribution < 1.29 is 14.6 Å². The Morgan fingerprint density at radius 3 is 2.69 bits per heavy atom. The number of imidazole rings is 1. The van der Waals surface area contributed by atoms with Crippen LogP contribution in [-0.4, -0.2) is 40.2 Å². The summed E-state index contributed by atoms with van der Waals surface area (Å²) in [5.41, 5.74) is 3.18. The Morgan fingerprint density at radius 2 is 1.90 bits per heavy atom. The molecule has 0 atom stereocenters. The Morgan fingerprint density at radius 1 is 1.07 bits per heavy atom. The average Bonchev–Trinajstić information content (AvgIpc) is 3.12. The predicted octanol–water partition coefficient (Wildman–Crippen LogP) is 3.77. The predicted molar refractivity (Wildman–Crippen MR) is 112 cm³/mol. The number of benzene rings is 2. The Labute approximate surface area is 168 Å². The van der Waals surface area contributed by atoms with E-state index < -0.39 is 0 Å². The number of fused-ring (bicyclic) bond motifs is 1. The zero-order valence-corrected chi connectivity index (χ0v) is 16.3. The van der Waals surface area contributed by atoms with Crippen LogP contribution < -0.4 is 14.8 Å². The first-order chi connectivity index (χ1) is 14.2. The number of ether oxygens (including phenoxy) is 2. The summed E-state index contributed by atoms with van der Waals surface area (Å²) < 4.78 is 12.6. The minimum Gasteiger partial charge on any atom is -0.507 e. The molecule has 0 radical (unpaired) electrons. The number of nitrogens with one attached hydrogen (secondary N) is 1. The van der Waals surface area contributed by atoms with Crippen molar-refractivity contribution in [1.82, 2.24) is 14.4 Å². The van der Waals surface area contributed by atoms with Gasteiger partial charge < -0.3 is 19.9 Å². The van der Waals surface area contributed by atoms with Crippen molar-refractivity contribution >= 4 is 11.5 Å². The molecule has 2 N–H and O–H groups in total. The molecule has 0 spiro atoms. The normalized spacial score (nSPS) is 10.8. The van der Waals surface area contributed by atoms with Crippen LogP contribution in [-0.2, 0) is 6.42 Å². The van der Waals surface area contributed by atoms with E-state index in [2.05, 4.69) is 15.3 Å². The molecule has 7 nitrogen and oxygen atoms in total. The molecule has 0 aliphatic carbocycles. The standard InChI is InChI=1S/C22H22N4O3/c1-28-18-8-7-15(13-19(18)29-2)9-10-24-22-21(16-5-3-4-6-17(16)27)25-20-14-23-11-12-26(20)22/h3-8,11-14,24,27H,9-10H2,1-2H3. The van der Waals surface area contributed by atoms with Crippen molar-refractivity contribution in [2.45, 2.75) is 6.42 Å². The molecule has 0 saturated carbocycles. The molecular weight excluding hydrogens is 368 g/mol. The van der Waals surface area contributed by atoms with E-state index in [4.69, 9.17) is 9.47 Å². The molecular formula is C22H22N4O3. The fourth-order valence-electron chi connectivity index (χ4n) is 3.30. The Kier molecular flexibility index (Phi) is 5.20. The molecule has 29 heavy (non-hydrogen) atoms. The molecule has 0 amide bonds. The average molecular weight is 390 g/mol. The fraction of sp³-hybridized carbons (Fsp3) is 0.182. The highest BCUT2D eigenvalue weighted by atomic mass is 16.5. The molecule has 7 heteroatoms. The molecule has 0 saturated heterocycles. The summed E-state index contributed by atoms with van der Waals surface area (Å²) in [6, 6.07) is 13.1. The van der Waals surface area contributed by atoms with Crippen LogP contribution in [0.3, 0.4) is 0 Å². The van der Waals surface area contributed by atoms with E-state index in [1.54, 1.807) is 38.7 Å². The molecule has 0 aliphatic heterocycles. The third-order valence-electron chi connectivity index (χ3n) is 4.74. The van der Waals surface area contributed by atoms with Gasteiger partial charge in [-0.2, -0.15) is 0 Å². The summed E-state index contributed by atoms with van der Waals surface area (Å²) in [5.74, 6) is 2.41. The highest BCUT2D eigenvalue weighted by Crippen LogP contribution is 2.34. The number of aromatic hydroxyl groups is 1. The van der Waals surface area contributed by atoms with Gasteiger partial charge in [-0.3, -0.25) is 9.38 Å². The Bertz CT molecular complexity index is 1140. The lowest BCUT2D eigenvalue weighted by atomic mass is 10.1. The monoisotopic (exact) mass is 390 g/mol. The maximum Gasteiger partial charge on any atom is 0.160 e. The van der Waals surface area contributed by atoms with Gasteiger partial charge in [0.25, 0.3) is 0 Å². The minimum atomic E-state index is 0.187. The van der Waals surface area contributed by atoms with Gasteiger partial charge >= 0.3 is 0 Å². The number of rotatable bonds is 7. The summed E-state index contributed by atoms with van der Waals surface area (Å²) >= 11 is 0. The van der Waals surface area contributed by atoms with E-state index >= 15 is 0 Å². The molecule has 2 aromatic carbocycles. The number of hydrogen-bond acceptors (Lipinski definition) is 6. The van der Waals surface area contributed by atoms with Crippen LogP contribution in [0.25, 0.3) is 16.9 Å². The zero-order chi connectivity index (χ0) is 20.2. The quantitative estimate of drug-likeness (QED) is 0.500. The van der Waals surface area contributed by atoms with Gasteiger partial charge in [0.1, 0.15) is 17.3 Å². The molecule has 4 aromatic rings. The lowest BCUT2D eigenvalue weighted by molar-refractivity contribution is 0.354. The number of para-hydroxylation sites is 1. The van der Waals surface area contributed by atoms with Crippen molar-refractivity contribution in [3.8, 4) is 28.5 Å². The summed E-state index contributed by atoms with van der Waals surface area (Å²) in [4.78, 5) is 8.81. The molecule has 148 valence electrons. The largest absolute Gasteiger partial charge is 0.507 e. The first-order valence-corrected chi connectivity index (χ1v) is 9.26. The number of hydrogen-bond donors (Lipinski definition) is 2. The van der Waals surface area contributed by atoms with Gasteiger partial charge in [0, 0.05) is 24.5 Å². The smallest absolute Gasteiger partial charge is 0.160 e. The van der Waals surface area contributed by atoms with Crippen molar-refractivity contribution in [3.05, 3.63) is 66.6 Å². The van der Waals surface area contributed by atoms with E-state index in [1.165, 1.54) is 0 Å². The number of aromatic nitrogens is 3. The van der Waals surface area contributed by atoms with Gasteiger partial charge in [-0.1, -0.05) is 18.2 Å². The number of methoxy groups -OCH3 is 2. The molecule has 4 rings (SSSR count). The van der Waals surface area contributed by atoms with Gasteiger partial charge in [-0.05, 0) is 36.2 Å². The summed E-state index contributed by atoms with van der Waals surface area (Å²) in [6.07, 6.45) is 6.04. The van der Waals surface area contributed by atoms with Crippen LogP contribution in [0.2, 0.25) is 0 Å². The third kappa shape index (κ3) is 3.67. The summed E-state index contributed by atoms with van der Waals surface area (Å²) in [6.45, 7) is 0.673. The van der Waals surface area contributed by atoms with Crippen molar-refractivity contribution in [1.29, 1.82) is 0 Å². The first kappa shape index (κ1) is 18.6. The second-order valence-corrected chi connectivity index (χ2v) is 6.50. The summed E-state index contributed by atoms with van der Waals surface area (Å²) in [7, 11) is 3.25. The van der Waals surface area contributed by atoms with Gasteiger partial charge in [0.2, 0.25) is 0 Å². The maximum atomic E-state index is 10.3. The van der Waals surface area contributed by atoms with Crippen LogP contribution in [0.5, 0.6) is 17.2 Å². The van der Waals surface area contributed by atoms with Crippen LogP contribution in [0.15, 0.2) is 61.1 Å². The van der Waals surface area contributed by atoms with Crippen LogP contribution in [0, 0.1) is 0 Å². The van der Waals surface area contributed by atoms with Gasteiger partial charge in [-0.25, -0.2) is 4.98 Å². The van der Waals surface area contributed by atoms with Crippen molar-refractivity contribution in [3.63, 3.8) is 0 Å². The maximum absolute atomic E-state index is 10.3. The first-order valence-electron chi connectivity index (χ1n) is 9.26. The Hall–Kier alpha value is -3.74. The molecule has 0 fully saturated rings. The number of anilines is 1. The minimum absolute atomic E-state index is 0.187. The second kappa shape index (κ2) is 8.10. The van der Waals surface area contributed by atoms with Gasteiger partial charge in [-0.15, -0.1) is 0 Å². The van der Waals surface area contributed by atoms with Crippen molar-refractivity contribution in [2.24, 2.45) is 0 Å². The lowest BCUT2D eigenvalue weighted by Gasteiger charge is -2.11. The molecule has 2 aromatic heterocycles. The molecule has 0 aliphatic rings. The van der Waals surface area contributed by atoms with Crippen LogP contribution >= 0.6 is 0 Å². The molecule has 0 bridgehead atoms. The summed E-state index contributed by atoms with van der Waals surface area (Å²) in [5, 5.41) is 13.8. The van der Waals surface area contributed by atoms with Gasteiger partial charge in [0.05, 0.1) is 20.4 Å². The molecule has 0 unspecified atom stereocenters. The SMILES string of the molecule is COc1ccc(CCNc2c(-c3ccccc3O)nc3cnccn23)cc1OC. The van der Waals surface area contributed by atoms with E-state index in [-0.39, 0.29) is 5.75 Å². The second-order valence-electron chi connectivity index (χ2n) is 6.50. The molecule has 2 heterocycles. The van der Waals surface area contributed by atoms with Crippen molar-refractivity contribution in [2.75, 3.05) is 26.1 Å². The van der Waals surface area contributed by atoms with Gasteiger partial charge in [0.15, 0.2) is 17.1 Å². The third-order valence-corrected chi connectivity index (χ3v) is 4.74. The van der Waals surface area contributed by atoms with E-state index in [1.807, 2.05) is 40.9 Å². The highest BCUT2D eigenvalue weighted by Gasteiger charge is 2.16. The number of phenolic OH excluding ortho intramolecular Hbond substituents is 1. The lowest BCUT2D eigenvalue weighted by Crippen LogP contribution is -2.08. The number of nitrogens with zero attached hydrogens (tertiary/aromatic N) is 3. The van der Waals surface area contributed by atoms with Crippen LogP contribution in [0.1, 0.15) is 5.56 Å². The Balaban J connectivity index is 1.61. The van der Waals surface area contributed by atoms with E-state index in [0.717, 1.165) is 17.8 Å². The van der Waals surface area contributed by atoms with Crippen LogP contribution in [0.4, 0.5) is 5.82 Å². The topological polar surface area (TPSA) is 80.9 Å². The fourth-order valence-corrected chi connectivity index (χ4v) is 3.30. The highest BCUT2D eigenvalue weighted by molar-refractivity contribution is 5.79. The van der Waals surface area contributed by atoms with E-state index in [0.29, 0.717) is 34.9 Å². The number of phenols is 1. The zero-order valence-electron chi connectivity index (χ0n) is 16.3.